The van der Waals surface area contributed by atoms with Crippen LogP contribution in [0.15, 0.2) is 10.2 Å². The van der Waals surface area contributed by atoms with E-state index in [9.17, 15) is 0 Å². The molecule has 0 unspecified atom stereocenters. The van der Waals surface area contributed by atoms with Gasteiger partial charge in [0.1, 0.15) is 0 Å². The molecule has 3 aliphatic heterocycles. The minimum atomic E-state index is -0.277. The van der Waals surface area contributed by atoms with Crippen molar-refractivity contribution in [3.05, 3.63) is 5.82 Å². The van der Waals surface area contributed by atoms with E-state index in [0.717, 1.165) is 97.1 Å². The van der Waals surface area contributed by atoms with Gasteiger partial charge >= 0.3 is 0 Å². The van der Waals surface area contributed by atoms with Crippen molar-refractivity contribution in [2.75, 3.05) is 52.6 Å². The molecule has 1 N–H and O–H groups in total. The second-order valence-corrected chi connectivity index (χ2v) is 9.48. The van der Waals surface area contributed by atoms with Crippen LogP contribution in [0.4, 0.5) is 0 Å². The molecule has 5 rings (SSSR count). The first-order valence-electron chi connectivity index (χ1n) is 11.4. The summed E-state index contributed by atoms with van der Waals surface area (Å²) in [7, 11) is 0. The van der Waals surface area contributed by atoms with Crippen LogP contribution in [0.2, 0.25) is 0 Å². The Balaban J connectivity index is 1.25. The number of tetrazole rings is 1. The maximum atomic E-state index is 5.73. The molecular formula is C21H32N8O2. The molecule has 168 valence electrons. The van der Waals surface area contributed by atoms with E-state index in [2.05, 4.69) is 41.9 Å². The summed E-state index contributed by atoms with van der Waals surface area (Å²) in [5.41, 5.74) is -0.241. The Morgan fingerprint density at radius 2 is 1.90 bits per heavy atom. The van der Waals surface area contributed by atoms with Gasteiger partial charge < -0.3 is 14.8 Å². The van der Waals surface area contributed by atoms with E-state index in [0.29, 0.717) is 6.42 Å². The zero-order valence-corrected chi connectivity index (χ0v) is 18.1. The summed E-state index contributed by atoms with van der Waals surface area (Å²) in [5, 5.41) is 25.2. The quantitative estimate of drug-likeness (QED) is 0.554. The van der Waals surface area contributed by atoms with Gasteiger partial charge in [0.25, 0.3) is 0 Å². The molecular weight excluding hydrogens is 396 g/mol. The second-order valence-electron chi connectivity index (χ2n) is 9.48. The van der Waals surface area contributed by atoms with E-state index in [1.165, 1.54) is 0 Å². The van der Waals surface area contributed by atoms with Crippen LogP contribution in [0.1, 0.15) is 44.3 Å². The van der Waals surface area contributed by atoms with Crippen molar-refractivity contribution in [2.45, 2.75) is 56.3 Å². The maximum absolute atomic E-state index is 5.73. The Morgan fingerprint density at radius 1 is 1.06 bits per heavy atom. The number of nitrogens with one attached hydrogen (secondary N) is 1. The van der Waals surface area contributed by atoms with Gasteiger partial charge in [-0.05, 0) is 29.7 Å². The molecule has 10 heteroatoms. The van der Waals surface area contributed by atoms with E-state index < -0.39 is 0 Å². The largest absolute Gasteiger partial charge is 0.381 e. The third kappa shape index (κ3) is 4.37. The average molecular weight is 429 g/mol. The van der Waals surface area contributed by atoms with Gasteiger partial charge in [0.05, 0.1) is 31.9 Å². The second kappa shape index (κ2) is 8.54. The summed E-state index contributed by atoms with van der Waals surface area (Å²) < 4.78 is 13.2. The SMILES string of the molecule is C#CCCC1(CCNC2(c3nnnn3CCN3CCOCC3)CC3(CCOC3)C2)N=N1. The molecule has 1 saturated carbocycles. The zero-order valence-electron chi connectivity index (χ0n) is 18.1. The molecule has 0 bridgehead atoms. The van der Waals surface area contributed by atoms with Crippen molar-refractivity contribution < 1.29 is 9.47 Å². The molecule has 2 saturated heterocycles. The van der Waals surface area contributed by atoms with E-state index in [1.54, 1.807) is 0 Å². The van der Waals surface area contributed by atoms with Gasteiger partial charge in [0.2, 0.25) is 0 Å². The van der Waals surface area contributed by atoms with Crippen LogP contribution < -0.4 is 5.32 Å². The molecule has 3 fully saturated rings. The average Bonchev–Trinajstić information content (AvgIpc) is 3.15. The highest BCUT2D eigenvalue weighted by molar-refractivity contribution is 5.19. The van der Waals surface area contributed by atoms with Crippen molar-refractivity contribution in [3.8, 4) is 12.3 Å². The van der Waals surface area contributed by atoms with Crippen molar-refractivity contribution in [2.24, 2.45) is 15.6 Å². The van der Waals surface area contributed by atoms with Gasteiger partial charge in [0.15, 0.2) is 11.5 Å². The van der Waals surface area contributed by atoms with Crippen LogP contribution in [-0.4, -0.2) is 83.4 Å². The molecule has 1 aromatic heterocycles. The normalized spacial score (nSPS) is 31.6. The monoisotopic (exact) mass is 428 g/mol. The minimum Gasteiger partial charge on any atom is -0.381 e. The molecule has 31 heavy (non-hydrogen) atoms. The first-order chi connectivity index (χ1) is 15.2. The number of aromatic nitrogens is 4. The number of hydrogen-bond donors (Lipinski definition) is 1. The van der Waals surface area contributed by atoms with Gasteiger partial charge in [-0.3, -0.25) is 4.90 Å². The summed E-state index contributed by atoms with van der Waals surface area (Å²) >= 11 is 0. The molecule has 1 aliphatic carbocycles. The van der Waals surface area contributed by atoms with Crippen LogP contribution in [-0.2, 0) is 21.6 Å². The summed E-state index contributed by atoms with van der Waals surface area (Å²) in [6.07, 6.45) is 10.9. The molecule has 10 nitrogen and oxygen atoms in total. The standard InChI is InChI=1S/C21H32N8O2/c1-2-3-4-21(24-25-21)5-7-22-20(15-19(16-20)6-12-31-17-19)18-23-26-27-29(18)9-8-28-10-13-30-14-11-28/h1,22H,3-17H2. The molecule has 1 spiro atoms. The molecule has 4 aliphatic rings. The lowest BCUT2D eigenvalue weighted by Gasteiger charge is -2.53. The van der Waals surface area contributed by atoms with E-state index in [1.807, 2.05) is 4.68 Å². The number of rotatable bonds is 10. The van der Waals surface area contributed by atoms with E-state index in [4.69, 9.17) is 15.9 Å². The third-order valence-electron chi connectivity index (χ3n) is 7.27. The fraction of sp³-hybridized carbons (Fsp3) is 0.857. The number of morpholine rings is 1. The van der Waals surface area contributed by atoms with E-state index in [-0.39, 0.29) is 16.6 Å². The lowest BCUT2D eigenvalue weighted by Crippen LogP contribution is -2.60. The highest BCUT2D eigenvalue weighted by Crippen LogP contribution is 2.57. The molecule has 0 atom stereocenters. The topological polar surface area (TPSA) is 102 Å². The smallest absolute Gasteiger partial charge is 0.193 e. The Morgan fingerprint density at radius 3 is 2.61 bits per heavy atom. The van der Waals surface area contributed by atoms with Crippen LogP contribution >= 0.6 is 0 Å². The fourth-order valence-corrected chi connectivity index (χ4v) is 5.45. The molecule has 0 amide bonds. The van der Waals surface area contributed by atoms with Gasteiger partial charge in [-0.1, -0.05) is 0 Å². The Bertz CT molecular complexity index is 821. The summed E-state index contributed by atoms with van der Waals surface area (Å²) in [6.45, 7) is 7.74. The van der Waals surface area contributed by atoms with Crippen molar-refractivity contribution in [3.63, 3.8) is 0 Å². The Labute approximate surface area is 183 Å². The maximum Gasteiger partial charge on any atom is 0.193 e. The van der Waals surface area contributed by atoms with Crippen molar-refractivity contribution in [1.82, 2.24) is 30.4 Å². The summed E-state index contributed by atoms with van der Waals surface area (Å²) in [5.74, 6) is 3.65. The lowest BCUT2D eigenvalue weighted by molar-refractivity contribution is -0.0197. The van der Waals surface area contributed by atoms with Gasteiger partial charge in [0, 0.05) is 57.5 Å². The number of terminal acetylenes is 1. The first-order valence-corrected chi connectivity index (χ1v) is 11.4. The minimum absolute atomic E-state index is 0.218. The Kier molecular flexibility index (Phi) is 5.77. The van der Waals surface area contributed by atoms with Crippen LogP contribution in [0, 0.1) is 17.8 Å². The van der Waals surface area contributed by atoms with Gasteiger partial charge in [-0.2, -0.15) is 10.2 Å². The van der Waals surface area contributed by atoms with Crippen molar-refractivity contribution >= 4 is 0 Å². The highest BCUT2D eigenvalue weighted by Gasteiger charge is 2.59. The summed E-state index contributed by atoms with van der Waals surface area (Å²) in [6, 6.07) is 0. The lowest BCUT2D eigenvalue weighted by atomic mass is 9.56. The van der Waals surface area contributed by atoms with Crippen LogP contribution in [0.3, 0.4) is 0 Å². The van der Waals surface area contributed by atoms with Gasteiger partial charge in [-0.15, -0.1) is 17.4 Å². The predicted molar refractivity (Wildman–Crippen MR) is 112 cm³/mol. The van der Waals surface area contributed by atoms with E-state index >= 15 is 0 Å². The number of nitrogens with zero attached hydrogens (tertiary/aromatic N) is 7. The van der Waals surface area contributed by atoms with Gasteiger partial charge in [-0.25, -0.2) is 4.68 Å². The summed E-state index contributed by atoms with van der Waals surface area (Å²) in [4.78, 5) is 2.41. The number of ether oxygens (including phenoxy) is 2. The highest BCUT2D eigenvalue weighted by atomic mass is 16.5. The van der Waals surface area contributed by atoms with Crippen molar-refractivity contribution in [1.29, 1.82) is 0 Å². The molecule has 0 aromatic carbocycles. The van der Waals surface area contributed by atoms with Crippen LogP contribution in [0.5, 0.6) is 0 Å². The first kappa shape index (κ1) is 20.9. The molecule has 4 heterocycles. The molecule has 1 aromatic rings. The predicted octanol–water partition coefficient (Wildman–Crippen LogP) is 0.956. The number of hydrogen-bond acceptors (Lipinski definition) is 9. The third-order valence-corrected chi connectivity index (χ3v) is 7.27. The molecule has 0 radical (unpaired) electrons. The zero-order chi connectivity index (χ0) is 21.2. The Hall–Kier alpha value is -1.93. The van der Waals surface area contributed by atoms with Crippen LogP contribution in [0.25, 0.3) is 0 Å². The fourth-order valence-electron chi connectivity index (χ4n) is 5.45.